The summed E-state index contributed by atoms with van der Waals surface area (Å²) in [7, 11) is 0. The first-order valence-electron chi connectivity index (χ1n) is 10.3. The zero-order valence-corrected chi connectivity index (χ0v) is 18.4. The SMILES string of the molecule is N#Cc1ccccc1NC(=O)CSc1nnc(-c2ccccc2F)n1CCc1ccccc1. The second kappa shape index (κ2) is 10.6. The molecule has 1 N–H and O–H groups in total. The van der Waals surface area contributed by atoms with Crippen molar-refractivity contribution in [2.45, 2.75) is 18.1 Å². The number of hydrogen-bond acceptors (Lipinski definition) is 5. The van der Waals surface area contributed by atoms with E-state index in [2.05, 4.69) is 21.6 Å². The molecular weight excluding hydrogens is 437 g/mol. The van der Waals surface area contributed by atoms with Crippen molar-refractivity contribution in [3.8, 4) is 17.5 Å². The third-order valence-electron chi connectivity index (χ3n) is 4.95. The highest BCUT2D eigenvalue weighted by molar-refractivity contribution is 7.99. The van der Waals surface area contributed by atoms with Crippen LogP contribution in [0.2, 0.25) is 0 Å². The Bertz CT molecular complexity index is 1300. The average molecular weight is 458 g/mol. The van der Waals surface area contributed by atoms with Gasteiger partial charge in [-0.25, -0.2) is 4.39 Å². The molecule has 0 fully saturated rings. The fourth-order valence-corrected chi connectivity index (χ4v) is 4.09. The van der Waals surface area contributed by atoms with Gasteiger partial charge in [0, 0.05) is 6.54 Å². The highest BCUT2D eigenvalue weighted by atomic mass is 32.2. The second-order valence-electron chi connectivity index (χ2n) is 7.17. The van der Waals surface area contributed by atoms with Crippen molar-refractivity contribution in [3.63, 3.8) is 0 Å². The van der Waals surface area contributed by atoms with Crippen LogP contribution in [-0.4, -0.2) is 26.4 Å². The minimum atomic E-state index is -0.381. The van der Waals surface area contributed by atoms with Crippen LogP contribution >= 0.6 is 11.8 Å². The number of carbonyl (C=O) groups excluding carboxylic acids is 1. The number of nitrogens with zero attached hydrogens (tertiary/aromatic N) is 4. The number of rotatable bonds is 8. The van der Waals surface area contributed by atoms with E-state index in [0.29, 0.717) is 40.8 Å². The number of amides is 1. The molecule has 1 heterocycles. The predicted molar refractivity (Wildman–Crippen MR) is 126 cm³/mol. The molecule has 164 valence electrons. The Morgan fingerprint density at radius 3 is 2.52 bits per heavy atom. The molecule has 0 aliphatic rings. The maximum atomic E-state index is 14.5. The molecule has 8 heteroatoms. The number of nitriles is 1. The van der Waals surface area contributed by atoms with E-state index in [9.17, 15) is 14.4 Å². The van der Waals surface area contributed by atoms with Crippen LogP contribution in [0.5, 0.6) is 0 Å². The highest BCUT2D eigenvalue weighted by Gasteiger charge is 2.18. The van der Waals surface area contributed by atoms with Crippen molar-refractivity contribution in [1.82, 2.24) is 14.8 Å². The number of carbonyl (C=O) groups is 1. The van der Waals surface area contributed by atoms with E-state index in [0.717, 1.165) is 5.56 Å². The van der Waals surface area contributed by atoms with Crippen LogP contribution < -0.4 is 5.32 Å². The maximum absolute atomic E-state index is 14.5. The molecular formula is C25H20FN5OS. The lowest BCUT2D eigenvalue weighted by molar-refractivity contribution is -0.113. The summed E-state index contributed by atoms with van der Waals surface area (Å²) in [5.41, 5.74) is 2.34. The van der Waals surface area contributed by atoms with Gasteiger partial charge < -0.3 is 9.88 Å². The Balaban J connectivity index is 1.54. The average Bonchev–Trinajstić information content (AvgIpc) is 3.25. The number of aromatic nitrogens is 3. The lowest BCUT2D eigenvalue weighted by Crippen LogP contribution is -2.15. The van der Waals surface area contributed by atoms with Gasteiger partial charge in [-0.05, 0) is 36.2 Å². The molecule has 6 nitrogen and oxygen atoms in total. The predicted octanol–water partition coefficient (Wildman–Crippen LogP) is 4.93. The summed E-state index contributed by atoms with van der Waals surface area (Å²) in [6.45, 7) is 0.530. The summed E-state index contributed by atoms with van der Waals surface area (Å²) < 4.78 is 16.3. The number of para-hydroxylation sites is 1. The molecule has 0 saturated carbocycles. The normalized spacial score (nSPS) is 10.5. The quantitative estimate of drug-likeness (QED) is 0.379. The molecule has 1 amide bonds. The monoisotopic (exact) mass is 457 g/mol. The minimum absolute atomic E-state index is 0.0699. The zero-order chi connectivity index (χ0) is 23.0. The molecule has 0 aliphatic carbocycles. The van der Waals surface area contributed by atoms with E-state index < -0.39 is 0 Å². The molecule has 0 spiro atoms. The lowest BCUT2D eigenvalue weighted by Gasteiger charge is -2.11. The van der Waals surface area contributed by atoms with Gasteiger partial charge in [0.15, 0.2) is 11.0 Å². The number of thioether (sulfide) groups is 1. The first-order chi connectivity index (χ1) is 16.2. The van der Waals surface area contributed by atoms with Crippen LogP contribution in [0.25, 0.3) is 11.4 Å². The van der Waals surface area contributed by atoms with E-state index in [1.165, 1.54) is 17.8 Å². The Morgan fingerprint density at radius 1 is 1.00 bits per heavy atom. The van der Waals surface area contributed by atoms with Crippen molar-refractivity contribution in [3.05, 3.63) is 95.8 Å². The number of benzene rings is 3. The molecule has 4 aromatic rings. The molecule has 0 bridgehead atoms. The molecule has 0 aliphatic heterocycles. The van der Waals surface area contributed by atoms with Crippen LogP contribution in [0.15, 0.2) is 84.0 Å². The van der Waals surface area contributed by atoms with Crippen LogP contribution in [0, 0.1) is 17.1 Å². The number of hydrogen-bond donors (Lipinski definition) is 1. The topological polar surface area (TPSA) is 83.6 Å². The van der Waals surface area contributed by atoms with Crippen LogP contribution in [0.1, 0.15) is 11.1 Å². The number of aryl methyl sites for hydroxylation is 1. The van der Waals surface area contributed by atoms with E-state index in [1.54, 1.807) is 42.5 Å². The Labute approximate surface area is 195 Å². The summed E-state index contributed by atoms with van der Waals surface area (Å²) in [6.07, 6.45) is 0.704. The van der Waals surface area contributed by atoms with Gasteiger partial charge >= 0.3 is 0 Å². The van der Waals surface area contributed by atoms with Crippen LogP contribution in [-0.2, 0) is 17.8 Å². The zero-order valence-electron chi connectivity index (χ0n) is 17.6. The molecule has 0 radical (unpaired) electrons. The van der Waals surface area contributed by atoms with Crippen molar-refractivity contribution in [1.29, 1.82) is 5.26 Å². The van der Waals surface area contributed by atoms with E-state index in [4.69, 9.17) is 0 Å². The third kappa shape index (κ3) is 5.45. The van der Waals surface area contributed by atoms with Gasteiger partial charge in [0.1, 0.15) is 11.9 Å². The summed E-state index contributed by atoms with van der Waals surface area (Å²) in [4.78, 5) is 12.5. The number of halogens is 1. The number of nitrogens with one attached hydrogen (secondary N) is 1. The van der Waals surface area contributed by atoms with Crippen molar-refractivity contribution < 1.29 is 9.18 Å². The van der Waals surface area contributed by atoms with Gasteiger partial charge in [-0.15, -0.1) is 10.2 Å². The molecule has 4 rings (SSSR count). The van der Waals surface area contributed by atoms with E-state index >= 15 is 0 Å². The fourth-order valence-electron chi connectivity index (χ4n) is 3.33. The fraction of sp³-hybridized carbons (Fsp3) is 0.120. The highest BCUT2D eigenvalue weighted by Crippen LogP contribution is 2.26. The Morgan fingerprint density at radius 2 is 1.73 bits per heavy atom. The largest absolute Gasteiger partial charge is 0.324 e. The minimum Gasteiger partial charge on any atom is -0.324 e. The molecule has 33 heavy (non-hydrogen) atoms. The van der Waals surface area contributed by atoms with Gasteiger partial charge in [-0.1, -0.05) is 66.4 Å². The van der Waals surface area contributed by atoms with Gasteiger partial charge in [0.2, 0.25) is 5.91 Å². The molecule has 0 atom stereocenters. The summed E-state index contributed by atoms with van der Waals surface area (Å²) >= 11 is 1.22. The van der Waals surface area contributed by atoms with Gasteiger partial charge in [-0.2, -0.15) is 5.26 Å². The standard InChI is InChI=1S/C25H20FN5OS/c26-21-12-6-5-11-20(21)24-29-30-25(31(24)15-14-18-8-2-1-3-9-18)33-17-23(32)28-22-13-7-4-10-19(22)16-27/h1-13H,14-15,17H2,(H,28,32). The molecule has 0 unspecified atom stereocenters. The third-order valence-corrected chi connectivity index (χ3v) is 5.92. The van der Waals surface area contributed by atoms with Crippen LogP contribution in [0.3, 0.4) is 0 Å². The lowest BCUT2D eigenvalue weighted by atomic mass is 10.1. The van der Waals surface area contributed by atoms with Gasteiger partial charge in [0.05, 0.1) is 22.6 Å². The van der Waals surface area contributed by atoms with Gasteiger partial charge in [-0.3, -0.25) is 4.79 Å². The van der Waals surface area contributed by atoms with Gasteiger partial charge in [0.25, 0.3) is 0 Å². The smallest absolute Gasteiger partial charge is 0.234 e. The first kappa shape index (κ1) is 22.2. The Kier molecular flexibility index (Phi) is 7.12. The Hall–Kier alpha value is -3.96. The van der Waals surface area contributed by atoms with E-state index in [1.807, 2.05) is 34.9 Å². The van der Waals surface area contributed by atoms with Crippen molar-refractivity contribution in [2.24, 2.45) is 0 Å². The molecule has 0 saturated heterocycles. The second-order valence-corrected chi connectivity index (χ2v) is 8.11. The molecule has 3 aromatic carbocycles. The van der Waals surface area contributed by atoms with Crippen LogP contribution in [0.4, 0.5) is 10.1 Å². The van der Waals surface area contributed by atoms with E-state index in [-0.39, 0.29) is 17.5 Å². The summed E-state index contributed by atoms with van der Waals surface area (Å²) in [5, 5.41) is 20.9. The maximum Gasteiger partial charge on any atom is 0.234 e. The summed E-state index contributed by atoms with van der Waals surface area (Å²) in [6, 6.07) is 25.3. The first-order valence-corrected chi connectivity index (χ1v) is 11.3. The van der Waals surface area contributed by atoms with Crippen molar-refractivity contribution in [2.75, 3.05) is 11.1 Å². The summed E-state index contributed by atoms with van der Waals surface area (Å²) in [5.74, 6) is -0.164. The number of anilines is 1. The molecule has 1 aromatic heterocycles. The van der Waals surface area contributed by atoms with Crippen molar-refractivity contribution >= 4 is 23.4 Å².